The minimum absolute atomic E-state index is 0.134. The molecule has 0 atom stereocenters. The zero-order valence-electron chi connectivity index (χ0n) is 11.5. The van der Waals surface area contributed by atoms with Gasteiger partial charge in [-0.25, -0.2) is 0 Å². The fraction of sp³-hybridized carbons (Fsp3) is 0.154. The molecule has 0 spiro atoms. The minimum Gasteiger partial charge on any atom is -0.271 e. The zero-order valence-corrected chi connectivity index (χ0v) is 13.1. The molecule has 0 fully saturated rings. The van der Waals surface area contributed by atoms with Crippen LogP contribution in [0.4, 0.5) is 24.5 Å². The van der Waals surface area contributed by atoms with Crippen LogP contribution >= 0.6 is 22.9 Å². The standard InChI is InChI=1S/C13H9ClF3N3O2S/c1-7(11-4-5-12(14)23-11)18-19-9-3-2-8(13(15,16)17)6-10(9)20(21)22/h2-6,19H,1H3/b18-7-. The van der Waals surface area contributed by atoms with E-state index in [1.54, 1.807) is 19.1 Å². The number of anilines is 1. The molecule has 0 aliphatic heterocycles. The minimum atomic E-state index is -4.66. The molecule has 0 unspecified atom stereocenters. The van der Waals surface area contributed by atoms with Crippen molar-refractivity contribution < 1.29 is 18.1 Å². The Balaban J connectivity index is 2.31. The van der Waals surface area contributed by atoms with E-state index in [4.69, 9.17) is 11.6 Å². The van der Waals surface area contributed by atoms with E-state index in [-0.39, 0.29) is 5.69 Å². The third kappa shape index (κ3) is 4.20. The van der Waals surface area contributed by atoms with Gasteiger partial charge < -0.3 is 0 Å². The molecule has 1 aromatic carbocycles. The van der Waals surface area contributed by atoms with Crippen LogP contribution in [-0.2, 0) is 6.18 Å². The van der Waals surface area contributed by atoms with Crippen LogP contribution in [0, 0.1) is 10.1 Å². The second-order valence-corrected chi connectivity index (χ2v) is 6.11. The number of halogens is 4. The number of alkyl halides is 3. The molecular weight excluding hydrogens is 355 g/mol. The number of nitrogens with one attached hydrogen (secondary N) is 1. The molecule has 1 N–H and O–H groups in total. The van der Waals surface area contributed by atoms with Gasteiger partial charge in [-0.15, -0.1) is 11.3 Å². The Morgan fingerprint density at radius 1 is 1.35 bits per heavy atom. The van der Waals surface area contributed by atoms with E-state index in [9.17, 15) is 23.3 Å². The van der Waals surface area contributed by atoms with Crippen LogP contribution in [0.1, 0.15) is 17.4 Å². The van der Waals surface area contributed by atoms with Crippen molar-refractivity contribution in [1.29, 1.82) is 0 Å². The van der Waals surface area contributed by atoms with E-state index in [0.717, 1.165) is 17.0 Å². The zero-order chi connectivity index (χ0) is 17.2. The molecule has 1 aromatic heterocycles. The highest BCUT2D eigenvalue weighted by atomic mass is 35.5. The third-order valence-electron chi connectivity index (χ3n) is 2.80. The summed E-state index contributed by atoms with van der Waals surface area (Å²) in [5.74, 6) is 0. The van der Waals surface area contributed by atoms with Crippen LogP contribution in [0.5, 0.6) is 0 Å². The maximum Gasteiger partial charge on any atom is 0.416 e. The highest BCUT2D eigenvalue weighted by Crippen LogP contribution is 2.35. The van der Waals surface area contributed by atoms with Crippen LogP contribution < -0.4 is 5.43 Å². The van der Waals surface area contributed by atoms with Gasteiger partial charge in [0.25, 0.3) is 5.69 Å². The van der Waals surface area contributed by atoms with Gasteiger partial charge in [-0.2, -0.15) is 18.3 Å². The first-order valence-corrected chi connectivity index (χ1v) is 7.29. The number of hydrazone groups is 1. The molecule has 0 saturated heterocycles. The lowest BCUT2D eigenvalue weighted by Crippen LogP contribution is -2.07. The van der Waals surface area contributed by atoms with Crippen LogP contribution in [-0.4, -0.2) is 10.6 Å². The first kappa shape index (κ1) is 17.2. The lowest BCUT2D eigenvalue weighted by molar-refractivity contribution is -0.384. The van der Waals surface area contributed by atoms with Crippen molar-refractivity contribution in [1.82, 2.24) is 0 Å². The summed E-state index contributed by atoms with van der Waals surface area (Å²) >= 11 is 7.06. The van der Waals surface area contributed by atoms with Gasteiger partial charge in [0.15, 0.2) is 0 Å². The van der Waals surface area contributed by atoms with Gasteiger partial charge in [-0.1, -0.05) is 11.6 Å². The summed E-state index contributed by atoms with van der Waals surface area (Å²) in [4.78, 5) is 10.8. The Morgan fingerprint density at radius 2 is 2.04 bits per heavy atom. The molecule has 0 aliphatic carbocycles. The number of hydrogen-bond acceptors (Lipinski definition) is 5. The van der Waals surface area contributed by atoms with E-state index in [2.05, 4.69) is 10.5 Å². The quantitative estimate of drug-likeness (QED) is 0.463. The molecule has 0 saturated carbocycles. The first-order chi connectivity index (χ1) is 10.7. The lowest BCUT2D eigenvalue weighted by Gasteiger charge is -2.08. The monoisotopic (exact) mass is 363 g/mol. The number of nitro groups is 1. The molecule has 0 aliphatic rings. The smallest absolute Gasteiger partial charge is 0.271 e. The Bertz CT molecular complexity index is 774. The Labute approximate surface area is 137 Å². The summed E-state index contributed by atoms with van der Waals surface area (Å²) in [6.45, 7) is 1.64. The number of rotatable bonds is 4. The summed E-state index contributed by atoms with van der Waals surface area (Å²) in [5.41, 5.74) is 0.981. The van der Waals surface area contributed by atoms with Gasteiger partial charge in [-0.3, -0.25) is 15.5 Å². The normalized spacial score (nSPS) is 12.3. The van der Waals surface area contributed by atoms with Crippen LogP contribution in [0.2, 0.25) is 4.34 Å². The van der Waals surface area contributed by atoms with Crippen LogP contribution in [0.25, 0.3) is 0 Å². The SMILES string of the molecule is C/C(=N/Nc1ccc(C(F)(F)F)cc1[N+](=O)[O-])c1ccc(Cl)s1. The van der Waals surface area contributed by atoms with E-state index in [1.807, 2.05) is 0 Å². The lowest BCUT2D eigenvalue weighted by atomic mass is 10.1. The van der Waals surface area contributed by atoms with Gasteiger partial charge in [0.2, 0.25) is 0 Å². The molecule has 10 heteroatoms. The number of nitrogens with zero attached hydrogens (tertiary/aromatic N) is 2. The van der Waals surface area contributed by atoms with Gasteiger partial charge in [0, 0.05) is 6.07 Å². The molecule has 2 rings (SSSR count). The molecule has 2 aromatic rings. The maximum absolute atomic E-state index is 12.6. The molecule has 0 radical (unpaired) electrons. The number of hydrogen-bond donors (Lipinski definition) is 1. The van der Waals surface area contributed by atoms with Crippen molar-refractivity contribution >= 4 is 40.0 Å². The summed E-state index contributed by atoms with van der Waals surface area (Å²) < 4.78 is 38.4. The van der Waals surface area contributed by atoms with Crippen molar-refractivity contribution in [2.45, 2.75) is 13.1 Å². The van der Waals surface area contributed by atoms with Crippen LogP contribution in [0.15, 0.2) is 35.4 Å². The van der Waals surface area contributed by atoms with Crippen molar-refractivity contribution in [2.24, 2.45) is 5.10 Å². The highest BCUT2D eigenvalue weighted by Gasteiger charge is 2.33. The Morgan fingerprint density at radius 3 is 2.57 bits per heavy atom. The summed E-state index contributed by atoms with van der Waals surface area (Å²) in [6, 6.07) is 5.58. The Hall–Kier alpha value is -2.13. The van der Waals surface area contributed by atoms with Crippen molar-refractivity contribution in [3.8, 4) is 0 Å². The molecule has 0 bridgehead atoms. The van der Waals surface area contributed by atoms with Crippen molar-refractivity contribution in [3.63, 3.8) is 0 Å². The topological polar surface area (TPSA) is 67.5 Å². The van der Waals surface area contributed by atoms with E-state index in [0.29, 0.717) is 16.1 Å². The van der Waals surface area contributed by atoms with Gasteiger partial charge >= 0.3 is 6.18 Å². The summed E-state index contributed by atoms with van der Waals surface area (Å²) in [6.07, 6.45) is -4.66. The molecule has 23 heavy (non-hydrogen) atoms. The molecule has 1 heterocycles. The predicted octanol–water partition coefficient (Wildman–Crippen LogP) is 5.16. The van der Waals surface area contributed by atoms with Crippen molar-refractivity contribution in [2.75, 3.05) is 5.43 Å². The largest absolute Gasteiger partial charge is 0.416 e. The molecule has 5 nitrogen and oxygen atoms in total. The second-order valence-electron chi connectivity index (χ2n) is 4.40. The average molecular weight is 364 g/mol. The molecular formula is C13H9ClF3N3O2S. The fourth-order valence-corrected chi connectivity index (χ4v) is 2.65. The highest BCUT2D eigenvalue weighted by molar-refractivity contribution is 7.18. The van der Waals surface area contributed by atoms with Gasteiger partial charge in [0.05, 0.1) is 25.4 Å². The average Bonchev–Trinajstić information content (AvgIpc) is 2.90. The van der Waals surface area contributed by atoms with E-state index in [1.165, 1.54) is 11.3 Å². The van der Waals surface area contributed by atoms with Gasteiger partial charge in [-0.05, 0) is 31.2 Å². The Kier molecular flexibility index (Phi) is 4.90. The predicted molar refractivity (Wildman–Crippen MR) is 83.3 cm³/mol. The second kappa shape index (κ2) is 6.55. The van der Waals surface area contributed by atoms with E-state index >= 15 is 0 Å². The number of nitro benzene ring substituents is 1. The molecule has 122 valence electrons. The van der Waals surface area contributed by atoms with Crippen molar-refractivity contribution in [3.05, 3.63) is 55.2 Å². The number of benzene rings is 1. The summed E-state index contributed by atoms with van der Waals surface area (Å²) in [7, 11) is 0. The maximum atomic E-state index is 12.6. The molecule has 0 amide bonds. The van der Waals surface area contributed by atoms with E-state index < -0.39 is 22.4 Å². The third-order valence-corrected chi connectivity index (χ3v) is 4.14. The van der Waals surface area contributed by atoms with Crippen LogP contribution in [0.3, 0.4) is 0 Å². The number of thiophene rings is 1. The first-order valence-electron chi connectivity index (χ1n) is 6.10. The van der Waals surface area contributed by atoms with Gasteiger partial charge in [0.1, 0.15) is 5.69 Å². The fourth-order valence-electron chi connectivity index (χ4n) is 1.66. The summed E-state index contributed by atoms with van der Waals surface area (Å²) in [5, 5.41) is 14.9.